The van der Waals surface area contributed by atoms with E-state index in [-0.39, 0.29) is 11.6 Å². The van der Waals surface area contributed by atoms with Crippen LogP contribution in [0.25, 0.3) is 0 Å². The highest BCUT2D eigenvalue weighted by molar-refractivity contribution is 6.33. The van der Waals surface area contributed by atoms with E-state index in [4.69, 9.17) is 28.8 Å². The molecule has 0 saturated carbocycles. The molecule has 17 heavy (non-hydrogen) atoms. The second-order valence-electron chi connectivity index (χ2n) is 3.28. The smallest absolute Gasteiger partial charge is 0.175 e. The van der Waals surface area contributed by atoms with Gasteiger partial charge in [-0.3, -0.25) is 5.10 Å². The summed E-state index contributed by atoms with van der Waals surface area (Å²) in [7, 11) is 0. The molecule has 0 unspecified atom stereocenters. The lowest BCUT2D eigenvalue weighted by Gasteiger charge is -1.97. The fourth-order valence-corrected chi connectivity index (χ4v) is 1.33. The maximum Gasteiger partial charge on any atom is 0.175 e. The summed E-state index contributed by atoms with van der Waals surface area (Å²) in [4.78, 5) is 0. The van der Waals surface area contributed by atoms with E-state index in [9.17, 15) is 0 Å². The van der Waals surface area contributed by atoms with Crippen LogP contribution in [0.3, 0.4) is 0 Å². The number of hydrogen-bond acceptors (Lipinski definition) is 6. The summed E-state index contributed by atoms with van der Waals surface area (Å²) in [6, 6.07) is 4.91. The number of azo groups is 1. The number of hydrogen-bond donors (Lipinski definition) is 4. The Kier molecular flexibility index (Phi) is 2.84. The molecule has 0 saturated heterocycles. The number of benzene rings is 1. The van der Waals surface area contributed by atoms with E-state index >= 15 is 0 Å². The topological polar surface area (TPSA) is 131 Å². The molecule has 0 amide bonds. The van der Waals surface area contributed by atoms with Crippen LogP contribution in [0.4, 0.5) is 28.7 Å². The minimum absolute atomic E-state index is 0.188. The first kappa shape index (κ1) is 11.2. The molecular weight excluding hydrogens is 242 g/mol. The predicted octanol–water partition coefficient (Wildman–Crippen LogP) is 2.23. The van der Waals surface area contributed by atoms with Gasteiger partial charge in [0, 0.05) is 0 Å². The Hall–Kier alpha value is -2.28. The lowest BCUT2D eigenvalue weighted by molar-refractivity contribution is 1.11. The highest BCUT2D eigenvalue weighted by Gasteiger charge is 2.06. The minimum atomic E-state index is 0.188. The summed E-state index contributed by atoms with van der Waals surface area (Å²) < 4.78 is 0. The zero-order valence-electron chi connectivity index (χ0n) is 8.68. The Morgan fingerprint density at radius 1 is 1.18 bits per heavy atom. The van der Waals surface area contributed by atoms with Crippen molar-refractivity contribution in [1.29, 1.82) is 0 Å². The summed E-state index contributed by atoms with van der Waals surface area (Å²) in [5.41, 5.74) is 18.0. The lowest BCUT2D eigenvalue weighted by atomic mass is 10.3. The number of nitrogen functional groups attached to an aromatic ring is 3. The van der Waals surface area contributed by atoms with Crippen molar-refractivity contribution in [3.8, 4) is 0 Å². The van der Waals surface area contributed by atoms with E-state index in [2.05, 4.69) is 20.4 Å². The number of aromatic amines is 1. The van der Waals surface area contributed by atoms with E-state index in [0.29, 0.717) is 22.1 Å². The minimum Gasteiger partial charge on any atom is -0.398 e. The standard InChI is InChI=1S/C9H10ClN7/c10-5-3-4(1-2-6(5)11)14-15-7-8(12)16-17-9(7)13/h1-3H,11H2,(H5,12,13,16,17). The van der Waals surface area contributed by atoms with Gasteiger partial charge in [0.05, 0.1) is 16.4 Å². The maximum absolute atomic E-state index is 5.84. The highest BCUT2D eigenvalue weighted by atomic mass is 35.5. The number of halogens is 1. The Balaban J connectivity index is 2.29. The van der Waals surface area contributed by atoms with Gasteiger partial charge >= 0.3 is 0 Å². The third-order valence-corrected chi connectivity index (χ3v) is 2.37. The Labute approximate surface area is 102 Å². The van der Waals surface area contributed by atoms with Gasteiger partial charge in [0.2, 0.25) is 0 Å². The van der Waals surface area contributed by atoms with Crippen LogP contribution in [0.5, 0.6) is 0 Å². The average molecular weight is 252 g/mol. The zero-order valence-corrected chi connectivity index (χ0v) is 9.44. The predicted molar refractivity (Wildman–Crippen MR) is 67.5 cm³/mol. The van der Waals surface area contributed by atoms with Gasteiger partial charge < -0.3 is 17.2 Å². The van der Waals surface area contributed by atoms with Gasteiger partial charge in [0.25, 0.3) is 0 Å². The van der Waals surface area contributed by atoms with Crippen molar-refractivity contribution in [3.63, 3.8) is 0 Å². The molecule has 1 aromatic carbocycles. The van der Waals surface area contributed by atoms with Gasteiger partial charge in [0.1, 0.15) is 5.82 Å². The van der Waals surface area contributed by atoms with E-state index in [0.717, 1.165) is 0 Å². The molecule has 7 N–H and O–H groups in total. The number of nitrogens with two attached hydrogens (primary N) is 3. The van der Waals surface area contributed by atoms with Crippen molar-refractivity contribution >= 4 is 40.3 Å². The van der Waals surface area contributed by atoms with Crippen LogP contribution in [-0.2, 0) is 0 Å². The molecule has 0 fully saturated rings. The van der Waals surface area contributed by atoms with E-state index in [1.807, 2.05) is 0 Å². The van der Waals surface area contributed by atoms with Gasteiger partial charge in [-0.25, -0.2) is 0 Å². The number of rotatable bonds is 2. The fraction of sp³-hybridized carbons (Fsp3) is 0. The third-order valence-electron chi connectivity index (χ3n) is 2.04. The molecule has 0 bridgehead atoms. The van der Waals surface area contributed by atoms with Crippen LogP contribution in [0.15, 0.2) is 28.4 Å². The van der Waals surface area contributed by atoms with Crippen molar-refractivity contribution in [2.24, 2.45) is 10.2 Å². The molecule has 2 aromatic rings. The van der Waals surface area contributed by atoms with Crippen molar-refractivity contribution < 1.29 is 0 Å². The van der Waals surface area contributed by atoms with Crippen molar-refractivity contribution in [2.45, 2.75) is 0 Å². The van der Waals surface area contributed by atoms with E-state index in [1.165, 1.54) is 0 Å². The van der Waals surface area contributed by atoms with Gasteiger partial charge in [0.15, 0.2) is 11.5 Å². The van der Waals surface area contributed by atoms with Crippen molar-refractivity contribution in [1.82, 2.24) is 10.2 Å². The van der Waals surface area contributed by atoms with E-state index < -0.39 is 0 Å². The summed E-state index contributed by atoms with van der Waals surface area (Å²) in [6.45, 7) is 0. The van der Waals surface area contributed by atoms with Gasteiger partial charge in [-0.15, -0.1) is 5.11 Å². The lowest BCUT2D eigenvalue weighted by Crippen LogP contribution is -1.85. The molecule has 1 heterocycles. The second-order valence-corrected chi connectivity index (χ2v) is 3.68. The number of nitrogens with one attached hydrogen (secondary N) is 1. The molecule has 7 nitrogen and oxygen atoms in total. The van der Waals surface area contributed by atoms with Gasteiger partial charge in [-0.2, -0.15) is 10.2 Å². The molecule has 0 radical (unpaired) electrons. The Morgan fingerprint density at radius 3 is 2.53 bits per heavy atom. The van der Waals surface area contributed by atoms with Gasteiger partial charge in [-0.05, 0) is 18.2 Å². The summed E-state index contributed by atoms with van der Waals surface area (Å²) >= 11 is 5.84. The van der Waals surface area contributed by atoms with Crippen LogP contribution in [0, 0.1) is 0 Å². The van der Waals surface area contributed by atoms with Crippen LogP contribution in [0.1, 0.15) is 0 Å². The summed E-state index contributed by atoms with van der Waals surface area (Å²) in [5.74, 6) is 0.445. The normalized spacial score (nSPS) is 11.1. The number of nitrogens with zero attached hydrogens (tertiary/aromatic N) is 3. The van der Waals surface area contributed by atoms with E-state index in [1.54, 1.807) is 18.2 Å². The fourth-order valence-electron chi connectivity index (χ4n) is 1.16. The van der Waals surface area contributed by atoms with Crippen molar-refractivity contribution in [2.75, 3.05) is 17.2 Å². The Morgan fingerprint density at radius 2 is 1.94 bits per heavy atom. The van der Waals surface area contributed by atoms with Crippen molar-refractivity contribution in [3.05, 3.63) is 23.2 Å². The quantitative estimate of drug-likeness (QED) is 0.481. The van der Waals surface area contributed by atoms with Crippen LogP contribution < -0.4 is 17.2 Å². The number of anilines is 3. The molecule has 0 atom stereocenters. The largest absolute Gasteiger partial charge is 0.398 e. The zero-order chi connectivity index (χ0) is 12.4. The molecule has 2 rings (SSSR count). The summed E-state index contributed by atoms with van der Waals surface area (Å²) in [6.07, 6.45) is 0. The van der Waals surface area contributed by atoms with Gasteiger partial charge in [-0.1, -0.05) is 11.6 Å². The van der Waals surface area contributed by atoms with Crippen LogP contribution in [0.2, 0.25) is 5.02 Å². The first-order valence-electron chi connectivity index (χ1n) is 4.64. The molecular formula is C9H10ClN7. The molecule has 1 aromatic heterocycles. The molecule has 0 spiro atoms. The van der Waals surface area contributed by atoms with Crippen LogP contribution >= 0.6 is 11.6 Å². The third kappa shape index (κ3) is 2.28. The Bertz CT molecular complexity index is 555. The first-order valence-corrected chi connectivity index (χ1v) is 5.02. The molecule has 88 valence electrons. The molecule has 0 aliphatic carbocycles. The second kappa shape index (κ2) is 4.30. The maximum atomic E-state index is 5.84. The monoisotopic (exact) mass is 251 g/mol. The molecule has 8 heteroatoms. The highest BCUT2D eigenvalue weighted by Crippen LogP contribution is 2.30. The molecule has 0 aliphatic rings. The summed E-state index contributed by atoms with van der Waals surface area (Å²) in [5, 5.41) is 14.4. The SMILES string of the molecule is Nc1ccc(N=Nc2c(N)n[nH]c2N)cc1Cl. The molecule has 0 aliphatic heterocycles. The number of aromatic nitrogens is 2. The number of H-pyrrole nitrogens is 1. The average Bonchev–Trinajstić information content (AvgIpc) is 2.61. The van der Waals surface area contributed by atoms with Crippen LogP contribution in [-0.4, -0.2) is 10.2 Å². The first-order chi connectivity index (χ1) is 8.08.